The average Bonchev–Trinajstić information content (AvgIpc) is 2.80. The lowest BCUT2D eigenvalue weighted by atomic mass is 10.0. The Labute approximate surface area is 130 Å². The van der Waals surface area contributed by atoms with Crippen LogP contribution in [0.15, 0.2) is 36.5 Å². The standard InChI is InChI=1S/C16H12ClF2N3/c17-15-20-8-6-11(21-15)14-10-3-1-2-4-12(10)22-9-16(18,19)7-5-13(14)22/h1-4,6,8H,5,7,9H2. The molecule has 0 amide bonds. The van der Waals surface area contributed by atoms with Crippen LogP contribution < -0.4 is 0 Å². The fourth-order valence-electron chi connectivity index (χ4n) is 3.17. The summed E-state index contributed by atoms with van der Waals surface area (Å²) in [5.41, 5.74) is 3.26. The van der Waals surface area contributed by atoms with Gasteiger partial charge in [-0.15, -0.1) is 0 Å². The molecular weight excluding hydrogens is 308 g/mol. The van der Waals surface area contributed by atoms with Gasteiger partial charge in [0.1, 0.15) is 0 Å². The first-order valence-corrected chi connectivity index (χ1v) is 7.40. The van der Waals surface area contributed by atoms with Crippen molar-refractivity contribution in [2.45, 2.75) is 25.3 Å². The first-order chi connectivity index (χ1) is 10.6. The Kier molecular flexibility index (Phi) is 2.94. The van der Waals surface area contributed by atoms with E-state index in [9.17, 15) is 8.78 Å². The van der Waals surface area contributed by atoms with Gasteiger partial charge in [0, 0.05) is 34.8 Å². The molecule has 3 heterocycles. The third-order valence-electron chi connectivity index (χ3n) is 4.08. The number of hydrogen-bond donors (Lipinski definition) is 0. The Morgan fingerprint density at radius 2 is 2.00 bits per heavy atom. The van der Waals surface area contributed by atoms with Crippen molar-refractivity contribution in [3.8, 4) is 11.3 Å². The molecule has 1 aliphatic rings. The van der Waals surface area contributed by atoms with Gasteiger partial charge in [0.25, 0.3) is 5.92 Å². The SMILES string of the molecule is FC1(F)CCc2c(-c3ccnc(Cl)n3)c3ccccc3n2C1. The maximum Gasteiger partial charge on any atom is 0.266 e. The van der Waals surface area contributed by atoms with Crippen molar-refractivity contribution in [3.63, 3.8) is 0 Å². The van der Waals surface area contributed by atoms with Crippen LogP contribution in [-0.2, 0) is 13.0 Å². The molecule has 0 bridgehead atoms. The Morgan fingerprint density at radius 3 is 2.82 bits per heavy atom. The van der Waals surface area contributed by atoms with Gasteiger partial charge in [0.15, 0.2) is 0 Å². The molecular formula is C16H12ClF2N3. The molecule has 3 nitrogen and oxygen atoms in total. The zero-order valence-corrected chi connectivity index (χ0v) is 12.3. The summed E-state index contributed by atoms with van der Waals surface area (Å²) >= 11 is 5.89. The van der Waals surface area contributed by atoms with Crippen LogP contribution in [0.4, 0.5) is 8.78 Å². The van der Waals surface area contributed by atoms with Gasteiger partial charge < -0.3 is 4.57 Å². The molecule has 0 aliphatic carbocycles. The zero-order valence-electron chi connectivity index (χ0n) is 11.6. The first-order valence-electron chi connectivity index (χ1n) is 7.02. The van der Waals surface area contributed by atoms with Gasteiger partial charge in [-0.1, -0.05) is 18.2 Å². The number of nitrogens with zero attached hydrogens (tertiary/aromatic N) is 3. The molecule has 1 aromatic carbocycles. The van der Waals surface area contributed by atoms with Gasteiger partial charge in [-0.05, 0) is 30.2 Å². The van der Waals surface area contributed by atoms with Gasteiger partial charge in [0.05, 0.1) is 12.2 Å². The molecule has 0 radical (unpaired) electrons. The predicted molar refractivity (Wildman–Crippen MR) is 81.2 cm³/mol. The number of rotatable bonds is 1. The molecule has 112 valence electrons. The minimum atomic E-state index is -2.67. The van der Waals surface area contributed by atoms with E-state index in [1.807, 2.05) is 24.3 Å². The normalized spacial score (nSPS) is 16.7. The van der Waals surface area contributed by atoms with Crippen molar-refractivity contribution < 1.29 is 8.78 Å². The molecule has 0 saturated heterocycles. The second-order valence-electron chi connectivity index (χ2n) is 5.49. The highest BCUT2D eigenvalue weighted by Crippen LogP contribution is 2.40. The highest BCUT2D eigenvalue weighted by atomic mass is 35.5. The van der Waals surface area contributed by atoms with E-state index in [2.05, 4.69) is 9.97 Å². The van der Waals surface area contributed by atoms with E-state index in [-0.39, 0.29) is 18.2 Å². The Balaban J connectivity index is 2.03. The largest absolute Gasteiger partial charge is 0.338 e. The summed E-state index contributed by atoms with van der Waals surface area (Å²) in [6, 6.07) is 9.33. The first kappa shape index (κ1) is 13.6. The van der Waals surface area contributed by atoms with Crippen LogP contribution in [0, 0.1) is 0 Å². The van der Waals surface area contributed by atoms with Crippen molar-refractivity contribution in [2.75, 3.05) is 0 Å². The number of para-hydroxylation sites is 1. The summed E-state index contributed by atoms with van der Waals surface area (Å²) in [4.78, 5) is 8.16. The Morgan fingerprint density at radius 1 is 1.18 bits per heavy atom. The summed E-state index contributed by atoms with van der Waals surface area (Å²) in [5, 5.41) is 1.08. The highest BCUT2D eigenvalue weighted by Gasteiger charge is 2.36. The summed E-state index contributed by atoms with van der Waals surface area (Å²) in [5.74, 6) is -2.67. The van der Waals surface area contributed by atoms with Crippen LogP contribution >= 0.6 is 11.6 Å². The molecule has 0 spiro atoms. The molecule has 0 atom stereocenters. The molecule has 0 fully saturated rings. The minimum Gasteiger partial charge on any atom is -0.338 e. The number of alkyl halides is 2. The van der Waals surface area contributed by atoms with Gasteiger partial charge in [0.2, 0.25) is 5.28 Å². The van der Waals surface area contributed by atoms with Gasteiger partial charge in [-0.3, -0.25) is 0 Å². The summed E-state index contributed by atoms with van der Waals surface area (Å²) in [7, 11) is 0. The van der Waals surface area contributed by atoms with E-state index >= 15 is 0 Å². The van der Waals surface area contributed by atoms with Crippen molar-refractivity contribution >= 4 is 22.5 Å². The molecule has 4 rings (SSSR count). The van der Waals surface area contributed by atoms with E-state index < -0.39 is 5.92 Å². The van der Waals surface area contributed by atoms with Crippen LogP contribution in [0.3, 0.4) is 0 Å². The number of aromatic nitrogens is 3. The topological polar surface area (TPSA) is 30.7 Å². The molecule has 6 heteroatoms. The highest BCUT2D eigenvalue weighted by molar-refractivity contribution is 6.28. The smallest absolute Gasteiger partial charge is 0.266 e. The van der Waals surface area contributed by atoms with E-state index in [4.69, 9.17) is 11.6 Å². The van der Waals surface area contributed by atoms with Crippen molar-refractivity contribution in [1.82, 2.24) is 14.5 Å². The van der Waals surface area contributed by atoms with Crippen LogP contribution in [0.1, 0.15) is 12.1 Å². The maximum absolute atomic E-state index is 13.8. The van der Waals surface area contributed by atoms with Gasteiger partial charge in [-0.2, -0.15) is 0 Å². The molecule has 2 aromatic heterocycles. The minimum absolute atomic E-state index is 0.144. The summed E-state index contributed by atoms with van der Waals surface area (Å²) in [6.45, 7) is -0.290. The lowest BCUT2D eigenvalue weighted by Gasteiger charge is -2.25. The molecule has 22 heavy (non-hydrogen) atoms. The van der Waals surface area contributed by atoms with Crippen LogP contribution in [0.2, 0.25) is 5.28 Å². The third kappa shape index (κ3) is 2.08. The predicted octanol–water partition coefficient (Wildman–Crippen LogP) is 4.33. The summed E-state index contributed by atoms with van der Waals surface area (Å²) in [6.07, 6.45) is 1.76. The molecule has 3 aromatic rings. The monoisotopic (exact) mass is 319 g/mol. The van der Waals surface area contributed by atoms with Crippen molar-refractivity contribution in [1.29, 1.82) is 0 Å². The van der Waals surface area contributed by atoms with Gasteiger partial charge in [-0.25, -0.2) is 18.7 Å². The third-order valence-corrected chi connectivity index (χ3v) is 4.26. The lowest BCUT2D eigenvalue weighted by Crippen LogP contribution is -2.30. The van der Waals surface area contributed by atoms with Crippen LogP contribution in [0.25, 0.3) is 22.2 Å². The zero-order chi connectivity index (χ0) is 15.3. The Bertz CT molecular complexity index is 873. The van der Waals surface area contributed by atoms with Crippen molar-refractivity contribution in [2.24, 2.45) is 0 Å². The van der Waals surface area contributed by atoms with E-state index in [0.29, 0.717) is 12.1 Å². The molecule has 1 aliphatic heterocycles. The van der Waals surface area contributed by atoms with E-state index in [0.717, 1.165) is 22.2 Å². The second kappa shape index (κ2) is 4.74. The number of benzene rings is 1. The molecule has 0 N–H and O–H groups in total. The van der Waals surface area contributed by atoms with Crippen LogP contribution in [0.5, 0.6) is 0 Å². The molecule has 0 saturated carbocycles. The maximum atomic E-state index is 13.8. The quantitative estimate of drug-likeness (QED) is 0.625. The van der Waals surface area contributed by atoms with Crippen molar-refractivity contribution in [3.05, 3.63) is 47.5 Å². The van der Waals surface area contributed by atoms with Crippen LogP contribution in [-0.4, -0.2) is 20.5 Å². The number of halogens is 3. The number of fused-ring (bicyclic) bond motifs is 3. The average molecular weight is 320 g/mol. The summed E-state index contributed by atoms with van der Waals surface area (Å²) < 4.78 is 29.4. The molecule has 0 unspecified atom stereocenters. The fourth-order valence-corrected chi connectivity index (χ4v) is 3.32. The number of hydrogen-bond acceptors (Lipinski definition) is 2. The van der Waals surface area contributed by atoms with E-state index in [1.54, 1.807) is 16.8 Å². The lowest BCUT2D eigenvalue weighted by molar-refractivity contribution is -0.0328. The van der Waals surface area contributed by atoms with Gasteiger partial charge >= 0.3 is 0 Å². The Hall–Kier alpha value is -2.01. The fraction of sp³-hybridized carbons (Fsp3) is 0.250. The van der Waals surface area contributed by atoms with E-state index in [1.165, 1.54) is 0 Å². The second-order valence-corrected chi connectivity index (χ2v) is 5.83.